The number of carboxylic acid groups (broad SMARTS) is 1. The molecule has 1 aliphatic carbocycles. The zero-order chi connectivity index (χ0) is 10.8. The Bertz CT molecular complexity index is 276. The Morgan fingerprint density at radius 3 is 2.67 bits per heavy atom. The number of amides is 1. The third-order valence-electron chi connectivity index (χ3n) is 2.95. The normalized spacial score (nSPS) is 34.5. The van der Waals surface area contributed by atoms with Gasteiger partial charge in [0, 0.05) is 11.8 Å². The second kappa shape index (κ2) is 4.43. The standard InChI is InChI=1S/C10H15NO3S/c12-9(7-4-8(7)10(13)14)11-6-2-1-3-15-5-6/h6-8H,1-5H2,(H,11,12)(H,13,14). The highest BCUT2D eigenvalue weighted by molar-refractivity contribution is 7.99. The van der Waals surface area contributed by atoms with Gasteiger partial charge in [0.05, 0.1) is 11.8 Å². The van der Waals surface area contributed by atoms with Crippen LogP contribution in [0.4, 0.5) is 0 Å². The Kier molecular flexibility index (Phi) is 3.19. The van der Waals surface area contributed by atoms with Crippen molar-refractivity contribution in [3.8, 4) is 0 Å². The molecule has 5 heteroatoms. The molecule has 2 aliphatic rings. The summed E-state index contributed by atoms with van der Waals surface area (Å²) in [6.07, 6.45) is 2.69. The molecule has 1 heterocycles. The van der Waals surface area contributed by atoms with E-state index in [0.29, 0.717) is 6.42 Å². The van der Waals surface area contributed by atoms with E-state index in [4.69, 9.17) is 5.11 Å². The van der Waals surface area contributed by atoms with E-state index < -0.39 is 11.9 Å². The van der Waals surface area contributed by atoms with E-state index in [2.05, 4.69) is 5.32 Å². The summed E-state index contributed by atoms with van der Waals surface area (Å²) in [6.45, 7) is 0. The number of hydrogen-bond acceptors (Lipinski definition) is 3. The molecule has 3 unspecified atom stereocenters. The van der Waals surface area contributed by atoms with E-state index in [1.807, 2.05) is 11.8 Å². The lowest BCUT2D eigenvalue weighted by atomic mass is 10.1. The van der Waals surface area contributed by atoms with Gasteiger partial charge in [0.2, 0.25) is 5.91 Å². The molecule has 2 fully saturated rings. The van der Waals surface area contributed by atoms with Crippen LogP contribution >= 0.6 is 11.8 Å². The van der Waals surface area contributed by atoms with Crippen LogP contribution in [-0.2, 0) is 9.59 Å². The maximum absolute atomic E-state index is 11.6. The number of hydrogen-bond donors (Lipinski definition) is 2. The zero-order valence-corrected chi connectivity index (χ0v) is 9.26. The number of thioether (sulfide) groups is 1. The monoisotopic (exact) mass is 229 g/mol. The van der Waals surface area contributed by atoms with Crippen molar-refractivity contribution >= 4 is 23.6 Å². The lowest BCUT2D eigenvalue weighted by Crippen LogP contribution is -2.39. The van der Waals surface area contributed by atoms with Gasteiger partial charge < -0.3 is 10.4 Å². The molecule has 84 valence electrons. The first kappa shape index (κ1) is 10.8. The molecule has 0 aromatic rings. The average molecular weight is 229 g/mol. The minimum Gasteiger partial charge on any atom is -0.481 e. The van der Waals surface area contributed by atoms with Crippen molar-refractivity contribution in [3.05, 3.63) is 0 Å². The van der Waals surface area contributed by atoms with E-state index in [0.717, 1.165) is 18.6 Å². The van der Waals surface area contributed by atoms with E-state index in [9.17, 15) is 9.59 Å². The van der Waals surface area contributed by atoms with E-state index >= 15 is 0 Å². The van der Waals surface area contributed by atoms with E-state index in [1.165, 1.54) is 5.75 Å². The number of carboxylic acids is 1. The summed E-state index contributed by atoms with van der Waals surface area (Å²) < 4.78 is 0. The Balaban J connectivity index is 1.75. The van der Waals surface area contributed by atoms with Crippen molar-refractivity contribution in [3.63, 3.8) is 0 Å². The Labute approximate surface area is 92.8 Å². The zero-order valence-electron chi connectivity index (χ0n) is 8.44. The van der Waals surface area contributed by atoms with Gasteiger partial charge in [-0.3, -0.25) is 9.59 Å². The third-order valence-corrected chi connectivity index (χ3v) is 4.17. The van der Waals surface area contributed by atoms with Gasteiger partial charge in [-0.1, -0.05) is 0 Å². The smallest absolute Gasteiger partial charge is 0.307 e. The van der Waals surface area contributed by atoms with Gasteiger partial charge in [-0.25, -0.2) is 0 Å². The molecule has 0 radical (unpaired) electrons. The Morgan fingerprint density at radius 2 is 2.13 bits per heavy atom. The first-order valence-electron chi connectivity index (χ1n) is 5.29. The van der Waals surface area contributed by atoms with E-state index in [-0.39, 0.29) is 17.9 Å². The van der Waals surface area contributed by atoms with Crippen molar-refractivity contribution < 1.29 is 14.7 Å². The minimum atomic E-state index is -0.840. The van der Waals surface area contributed by atoms with Gasteiger partial charge in [-0.05, 0) is 25.0 Å². The molecule has 0 aromatic carbocycles. The van der Waals surface area contributed by atoms with Crippen molar-refractivity contribution in [2.24, 2.45) is 11.8 Å². The van der Waals surface area contributed by atoms with E-state index in [1.54, 1.807) is 0 Å². The fraction of sp³-hybridized carbons (Fsp3) is 0.800. The molecule has 2 rings (SSSR count). The molecule has 0 bridgehead atoms. The van der Waals surface area contributed by atoms with Gasteiger partial charge in [-0.15, -0.1) is 0 Å². The Morgan fingerprint density at radius 1 is 1.33 bits per heavy atom. The third kappa shape index (κ3) is 2.65. The fourth-order valence-corrected chi connectivity index (χ4v) is 2.99. The molecule has 4 nitrogen and oxygen atoms in total. The van der Waals surface area contributed by atoms with Crippen LogP contribution in [-0.4, -0.2) is 34.5 Å². The van der Waals surface area contributed by atoms with Crippen molar-refractivity contribution in [2.75, 3.05) is 11.5 Å². The molecular weight excluding hydrogens is 214 g/mol. The lowest BCUT2D eigenvalue weighted by Gasteiger charge is -2.22. The van der Waals surface area contributed by atoms with Crippen LogP contribution in [0, 0.1) is 11.8 Å². The number of rotatable bonds is 3. The number of aliphatic carboxylic acids is 1. The molecule has 3 atom stereocenters. The summed E-state index contributed by atoms with van der Waals surface area (Å²) in [5.74, 6) is 0.544. The van der Waals surface area contributed by atoms with Crippen LogP contribution in [0.2, 0.25) is 0 Å². The van der Waals surface area contributed by atoms with Crippen molar-refractivity contribution in [1.82, 2.24) is 5.32 Å². The molecule has 1 saturated heterocycles. The summed E-state index contributed by atoms with van der Waals surface area (Å²) >= 11 is 1.85. The van der Waals surface area contributed by atoms with Crippen LogP contribution in [0.25, 0.3) is 0 Å². The molecule has 0 spiro atoms. The van der Waals surface area contributed by atoms with Gasteiger partial charge in [0.25, 0.3) is 0 Å². The molecule has 1 aliphatic heterocycles. The summed E-state index contributed by atoms with van der Waals surface area (Å²) in [6, 6.07) is 0.256. The Hall–Kier alpha value is -0.710. The van der Waals surface area contributed by atoms with Crippen molar-refractivity contribution in [2.45, 2.75) is 25.3 Å². The quantitative estimate of drug-likeness (QED) is 0.748. The number of nitrogens with one attached hydrogen (secondary N) is 1. The fourth-order valence-electron chi connectivity index (χ4n) is 1.92. The van der Waals surface area contributed by atoms with Crippen LogP contribution in [0.3, 0.4) is 0 Å². The van der Waals surface area contributed by atoms with Crippen LogP contribution in [0.15, 0.2) is 0 Å². The molecule has 0 aromatic heterocycles. The van der Waals surface area contributed by atoms with Crippen molar-refractivity contribution in [1.29, 1.82) is 0 Å². The highest BCUT2D eigenvalue weighted by Crippen LogP contribution is 2.38. The maximum Gasteiger partial charge on any atom is 0.307 e. The summed E-state index contributed by atoms with van der Waals surface area (Å²) in [4.78, 5) is 22.2. The second-order valence-corrected chi connectivity index (χ2v) is 5.36. The summed E-state index contributed by atoms with van der Waals surface area (Å²) in [7, 11) is 0. The maximum atomic E-state index is 11.6. The SMILES string of the molecule is O=C(O)C1CC1C(=O)NC1CCCSC1. The molecular formula is C10H15NO3S. The van der Waals surface area contributed by atoms with Gasteiger partial charge >= 0.3 is 5.97 Å². The predicted octanol–water partition coefficient (Wildman–Crippen LogP) is 0.719. The summed E-state index contributed by atoms with van der Waals surface area (Å²) in [5.41, 5.74) is 0. The summed E-state index contributed by atoms with van der Waals surface area (Å²) in [5, 5.41) is 11.6. The molecule has 2 N–H and O–H groups in total. The van der Waals surface area contributed by atoms with Crippen LogP contribution in [0.5, 0.6) is 0 Å². The second-order valence-electron chi connectivity index (χ2n) is 4.21. The first-order valence-corrected chi connectivity index (χ1v) is 6.45. The minimum absolute atomic E-state index is 0.0603. The predicted molar refractivity (Wildman–Crippen MR) is 57.7 cm³/mol. The number of carbonyl (C=O) groups excluding carboxylic acids is 1. The lowest BCUT2D eigenvalue weighted by molar-refractivity contribution is -0.140. The molecule has 1 saturated carbocycles. The topological polar surface area (TPSA) is 66.4 Å². The largest absolute Gasteiger partial charge is 0.481 e. The first-order chi connectivity index (χ1) is 7.18. The van der Waals surface area contributed by atoms with Gasteiger partial charge in [-0.2, -0.15) is 11.8 Å². The molecule has 15 heavy (non-hydrogen) atoms. The highest BCUT2D eigenvalue weighted by atomic mass is 32.2. The van der Waals surface area contributed by atoms with Crippen LogP contribution in [0.1, 0.15) is 19.3 Å². The average Bonchev–Trinajstić information content (AvgIpc) is 2.98. The van der Waals surface area contributed by atoms with Crippen LogP contribution < -0.4 is 5.32 Å². The molecule has 1 amide bonds. The van der Waals surface area contributed by atoms with Gasteiger partial charge in [0.1, 0.15) is 0 Å². The van der Waals surface area contributed by atoms with Gasteiger partial charge in [0.15, 0.2) is 0 Å². The highest BCUT2D eigenvalue weighted by Gasteiger charge is 2.48. The number of carbonyl (C=O) groups is 2.